The van der Waals surface area contributed by atoms with Crippen molar-refractivity contribution in [3.05, 3.63) is 46.8 Å². The van der Waals surface area contributed by atoms with Gasteiger partial charge in [-0.3, -0.25) is 16.0 Å². The summed E-state index contributed by atoms with van der Waals surface area (Å²) in [7, 11) is 3.65. The Kier molecular flexibility index (Phi) is 4.98. The van der Waals surface area contributed by atoms with E-state index in [9.17, 15) is 0 Å². The van der Waals surface area contributed by atoms with Gasteiger partial charge in [0.05, 0.1) is 18.8 Å². The molecule has 0 saturated heterocycles. The van der Waals surface area contributed by atoms with Gasteiger partial charge in [-0.1, -0.05) is 19.1 Å². The van der Waals surface area contributed by atoms with Crippen molar-refractivity contribution in [3.8, 4) is 5.75 Å². The summed E-state index contributed by atoms with van der Waals surface area (Å²) in [5.74, 6) is 6.63. The average molecular weight is 288 g/mol. The number of rotatable bonds is 6. The number of nitrogens with one attached hydrogen (secondary N) is 1. The standard InChI is InChI=1S/C16H24N4O/c1-5-12-9-13(20(3)19-12)10-15(18-17)14-7-6-11(2)8-16(14)21-4/h6-9,15,18H,5,10,17H2,1-4H3. The van der Waals surface area contributed by atoms with E-state index in [1.807, 2.05) is 24.7 Å². The van der Waals surface area contributed by atoms with E-state index in [0.29, 0.717) is 0 Å². The minimum Gasteiger partial charge on any atom is -0.496 e. The number of aromatic nitrogens is 2. The van der Waals surface area contributed by atoms with Crippen molar-refractivity contribution >= 4 is 0 Å². The fraction of sp³-hybridized carbons (Fsp3) is 0.438. The molecule has 2 rings (SSSR count). The minimum atomic E-state index is -0.0133. The summed E-state index contributed by atoms with van der Waals surface area (Å²) in [5, 5.41) is 4.48. The molecular weight excluding hydrogens is 264 g/mol. The molecule has 0 bridgehead atoms. The van der Waals surface area contributed by atoms with Crippen LogP contribution in [0.3, 0.4) is 0 Å². The molecule has 114 valence electrons. The summed E-state index contributed by atoms with van der Waals surface area (Å²) in [4.78, 5) is 0. The van der Waals surface area contributed by atoms with Crippen molar-refractivity contribution in [2.24, 2.45) is 12.9 Å². The second kappa shape index (κ2) is 6.74. The first kappa shape index (κ1) is 15.5. The summed E-state index contributed by atoms with van der Waals surface area (Å²) in [6, 6.07) is 8.28. The summed E-state index contributed by atoms with van der Waals surface area (Å²) >= 11 is 0. The molecule has 0 aliphatic carbocycles. The van der Waals surface area contributed by atoms with Crippen molar-refractivity contribution in [3.63, 3.8) is 0 Å². The fourth-order valence-corrected chi connectivity index (χ4v) is 2.51. The highest BCUT2D eigenvalue weighted by Gasteiger charge is 2.17. The van der Waals surface area contributed by atoms with Crippen molar-refractivity contribution in [1.29, 1.82) is 0 Å². The number of ether oxygens (including phenoxy) is 1. The van der Waals surface area contributed by atoms with Gasteiger partial charge in [0.25, 0.3) is 0 Å². The van der Waals surface area contributed by atoms with Gasteiger partial charge in [-0.05, 0) is 31.0 Å². The number of nitrogens with two attached hydrogens (primary N) is 1. The largest absolute Gasteiger partial charge is 0.496 e. The van der Waals surface area contributed by atoms with Crippen molar-refractivity contribution in [2.45, 2.75) is 32.7 Å². The van der Waals surface area contributed by atoms with Crippen LogP contribution in [0, 0.1) is 6.92 Å². The first-order valence-corrected chi connectivity index (χ1v) is 7.21. The molecule has 0 radical (unpaired) electrons. The second-order valence-corrected chi connectivity index (χ2v) is 5.27. The normalized spacial score (nSPS) is 12.4. The maximum Gasteiger partial charge on any atom is 0.123 e. The molecule has 5 nitrogen and oxygen atoms in total. The maximum atomic E-state index is 5.77. The molecule has 0 saturated carbocycles. The van der Waals surface area contributed by atoms with Crippen LogP contribution < -0.4 is 16.0 Å². The van der Waals surface area contributed by atoms with E-state index in [0.717, 1.165) is 35.5 Å². The molecule has 0 fully saturated rings. The molecule has 5 heteroatoms. The van der Waals surface area contributed by atoms with Crippen molar-refractivity contribution < 1.29 is 4.74 Å². The van der Waals surface area contributed by atoms with Gasteiger partial charge < -0.3 is 4.74 Å². The SMILES string of the molecule is CCc1cc(CC(NN)c2ccc(C)cc2OC)n(C)n1. The van der Waals surface area contributed by atoms with Crippen LogP contribution in [0.25, 0.3) is 0 Å². The van der Waals surface area contributed by atoms with Crippen LogP contribution in [-0.2, 0) is 19.9 Å². The second-order valence-electron chi connectivity index (χ2n) is 5.27. The predicted molar refractivity (Wildman–Crippen MR) is 84.1 cm³/mol. The molecule has 1 aromatic heterocycles. The number of hydrogen-bond acceptors (Lipinski definition) is 4. The summed E-state index contributed by atoms with van der Waals surface area (Å²) in [6.45, 7) is 4.15. The third-order valence-electron chi connectivity index (χ3n) is 3.77. The molecule has 1 unspecified atom stereocenters. The quantitative estimate of drug-likeness (QED) is 0.631. The Balaban J connectivity index is 2.29. The zero-order valence-electron chi connectivity index (χ0n) is 13.2. The molecule has 1 atom stereocenters. The first-order valence-electron chi connectivity index (χ1n) is 7.21. The molecule has 1 aromatic carbocycles. The zero-order valence-corrected chi connectivity index (χ0v) is 13.2. The number of nitrogens with zero attached hydrogens (tertiary/aromatic N) is 2. The predicted octanol–water partition coefficient (Wildman–Crippen LogP) is 2.05. The number of methoxy groups -OCH3 is 1. The minimum absolute atomic E-state index is 0.0133. The lowest BCUT2D eigenvalue weighted by Crippen LogP contribution is -2.30. The Morgan fingerprint density at radius 3 is 2.71 bits per heavy atom. The molecule has 1 heterocycles. The van der Waals surface area contributed by atoms with Crippen LogP contribution in [0.15, 0.2) is 24.3 Å². The lowest BCUT2D eigenvalue weighted by molar-refractivity contribution is 0.397. The van der Waals surface area contributed by atoms with Gasteiger partial charge in [0.1, 0.15) is 5.75 Å². The van der Waals surface area contributed by atoms with Crippen molar-refractivity contribution in [1.82, 2.24) is 15.2 Å². The fourth-order valence-electron chi connectivity index (χ4n) is 2.51. The highest BCUT2D eigenvalue weighted by molar-refractivity contribution is 5.39. The molecular formula is C16H24N4O. The van der Waals surface area contributed by atoms with E-state index in [1.165, 1.54) is 5.56 Å². The molecule has 21 heavy (non-hydrogen) atoms. The van der Waals surface area contributed by atoms with Gasteiger partial charge >= 0.3 is 0 Å². The van der Waals surface area contributed by atoms with E-state index in [1.54, 1.807) is 7.11 Å². The van der Waals surface area contributed by atoms with Crippen LogP contribution in [0.1, 0.15) is 35.5 Å². The van der Waals surface area contributed by atoms with E-state index >= 15 is 0 Å². The zero-order chi connectivity index (χ0) is 15.4. The monoisotopic (exact) mass is 288 g/mol. The van der Waals surface area contributed by atoms with Gasteiger partial charge in [-0.2, -0.15) is 5.10 Å². The Labute approximate surface area is 126 Å². The van der Waals surface area contributed by atoms with E-state index in [4.69, 9.17) is 10.6 Å². The Morgan fingerprint density at radius 1 is 1.38 bits per heavy atom. The lowest BCUT2D eigenvalue weighted by atomic mass is 10.00. The van der Waals surface area contributed by atoms with Crippen LogP contribution in [-0.4, -0.2) is 16.9 Å². The molecule has 0 aliphatic rings. The maximum absolute atomic E-state index is 5.77. The summed E-state index contributed by atoms with van der Waals surface area (Å²) in [6.07, 6.45) is 1.70. The van der Waals surface area contributed by atoms with Crippen LogP contribution in [0.5, 0.6) is 5.75 Å². The molecule has 3 N–H and O–H groups in total. The Morgan fingerprint density at radius 2 is 2.14 bits per heavy atom. The topological polar surface area (TPSA) is 65.1 Å². The average Bonchev–Trinajstić information content (AvgIpc) is 2.85. The number of hydrogen-bond donors (Lipinski definition) is 2. The van der Waals surface area contributed by atoms with Crippen LogP contribution >= 0.6 is 0 Å². The third kappa shape index (κ3) is 3.43. The molecule has 0 spiro atoms. The summed E-state index contributed by atoms with van der Waals surface area (Å²) < 4.78 is 7.41. The van der Waals surface area contributed by atoms with E-state index < -0.39 is 0 Å². The van der Waals surface area contributed by atoms with E-state index in [-0.39, 0.29) is 6.04 Å². The first-order chi connectivity index (χ1) is 10.1. The highest BCUT2D eigenvalue weighted by atomic mass is 16.5. The number of hydrazine groups is 1. The number of benzene rings is 1. The molecule has 0 amide bonds. The number of aryl methyl sites for hydroxylation is 3. The van der Waals surface area contributed by atoms with Crippen molar-refractivity contribution in [2.75, 3.05) is 7.11 Å². The van der Waals surface area contributed by atoms with Gasteiger partial charge in [-0.15, -0.1) is 0 Å². The lowest BCUT2D eigenvalue weighted by Gasteiger charge is -2.19. The smallest absolute Gasteiger partial charge is 0.123 e. The van der Waals surface area contributed by atoms with Gasteiger partial charge in [0.2, 0.25) is 0 Å². The Bertz CT molecular complexity index is 606. The summed E-state index contributed by atoms with van der Waals surface area (Å²) in [5.41, 5.74) is 7.37. The molecule has 2 aromatic rings. The highest BCUT2D eigenvalue weighted by Crippen LogP contribution is 2.28. The van der Waals surface area contributed by atoms with Gasteiger partial charge in [0, 0.05) is 24.7 Å². The van der Waals surface area contributed by atoms with E-state index in [2.05, 4.69) is 35.6 Å². The Hall–Kier alpha value is -1.85. The van der Waals surface area contributed by atoms with Gasteiger partial charge in [0.15, 0.2) is 0 Å². The van der Waals surface area contributed by atoms with Crippen LogP contribution in [0.4, 0.5) is 0 Å². The van der Waals surface area contributed by atoms with Gasteiger partial charge in [-0.25, -0.2) is 0 Å². The van der Waals surface area contributed by atoms with Crippen LogP contribution in [0.2, 0.25) is 0 Å². The third-order valence-corrected chi connectivity index (χ3v) is 3.77. The molecule has 0 aliphatic heterocycles.